The van der Waals surface area contributed by atoms with Gasteiger partial charge in [0.15, 0.2) is 5.16 Å². The van der Waals surface area contributed by atoms with Gasteiger partial charge in [-0.3, -0.25) is 0 Å². The maximum absolute atomic E-state index is 5.44. The van der Waals surface area contributed by atoms with Crippen LogP contribution in [0.2, 0.25) is 0 Å². The van der Waals surface area contributed by atoms with Crippen molar-refractivity contribution < 1.29 is 4.84 Å². The maximum Gasteiger partial charge on any atom is 0.191 e. The topological polar surface area (TPSA) is 64.3 Å². The molecule has 1 atom stereocenters. The summed E-state index contributed by atoms with van der Waals surface area (Å²) < 4.78 is 2.15. The molecule has 0 spiro atoms. The van der Waals surface area contributed by atoms with Gasteiger partial charge in [0, 0.05) is 25.1 Å². The highest BCUT2D eigenvalue weighted by molar-refractivity contribution is 7.99. The molecule has 116 valence electrons. The highest BCUT2D eigenvalue weighted by Crippen LogP contribution is 2.27. The molecule has 3 rings (SSSR count). The third-order valence-corrected chi connectivity index (χ3v) is 5.33. The minimum atomic E-state index is 0.184. The van der Waals surface area contributed by atoms with E-state index in [9.17, 15) is 0 Å². The van der Waals surface area contributed by atoms with Crippen LogP contribution >= 0.6 is 11.8 Å². The molecule has 1 N–H and O–H groups in total. The van der Waals surface area contributed by atoms with Gasteiger partial charge in [-0.2, -0.15) is 0 Å². The summed E-state index contributed by atoms with van der Waals surface area (Å²) in [5.74, 6) is 2.54. The van der Waals surface area contributed by atoms with E-state index in [0.717, 1.165) is 61.2 Å². The highest BCUT2D eigenvalue weighted by atomic mass is 32.2. The first-order valence-corrected chi connectivity index (χ1v) is 8.70. The normalized spacial score (nSPS) is 23.1. The molecule has 1 aromatic heterocycles. The molecule has 0 amide bonds. The molecule has 1 unspecified atom stereocenters. The van der Waals surface area contributed by atoms with E-state index in [-0.39, 0.29) is 6.10 Å². The predicted octanol–water partition coefficient (Wildman–Crippen LogP) is 1.93. The van der Waals surface area contributed by atoms with Crippen LogP contribution in [0.15, 0.2) is 10.3 Å². The van der Waals surface area contributed by atoms with E-state index < -0.39 is 0 Å². The summed E-state index contributed by atoms with van der Waals surface area (Å²) in [6, 6.07) is 0. The van der Waals surface area contributed by atoms with Gasteiger partial charge in [-0.1, -0.05) is 23.8 Å². The van der Waals surface area contributed by atoms with Crippen LogP contribution in [0.5, 0.6) is 0 Å². The molecule has 21 heavy (non-hydrogen) atoms. The molecule has 3 heterocycles. The number of thioether (sulfide) groups is 1. The molecule has 0 bridgehead atoms. The molecule has 1 fully saturated rings. The summed E-state index contributed by atoms with van der Waals surface area (Å²) in [6.07, 6.45) is 4.41. The lowest BCUT2D eigenvalue weighted by Crippen LogP contribution is -2.27. The highest BCUT2D eigenvalue weighted by Gasteiger charge is 2.24. The summed E-state index contributed by atoms with van der Waals surface area (Å²) in [4.78, 5) is 5.44. The van der Waals surface area contributed by atoms with Gasteiger partial charge < -0.3 is 14.7 Å². The van der Waals surface area contributed by atoms with Crippen molar-refractivity contribution in [3.05, 3.63) is 5.82 Å². The van der Waals surface area contributed by atoms with Gasteiger partial charge >= 0.3 is 0 Å². The van der Waals surface area contributed by atoms with Gasteiger partial charge in [-0.15, -0.1) is 10.2 Å². The van der Waals surface area contributed by atoms with Crippen LogP contribution in [0.3, 0.4) is 0 Å². The van der Waals surface area contributed by atoms with Crippen LogP contribution in [0.4, 0.5) is 0 Å². The first-order chi connectivity index (χ1) is 10.3. The molecule has 0 radical (unpaired) electrons. The van der Waals surface area contributed by atoms with Crippen LogP contribution in [-0.4, -0.2) is 45.4 Å². The van der Waals surface area contributed by atoms with Gasteiger partial charge in [0.1, 0.15) is 11.9 Å². The Morgan fingerprint density at radius 1 is 1.33 bits per heavy atom. The number of hydrogen-bond acceptors (Lipinski definition) is 6. The summed E-state index contributed by atoms with van der Waals surface area (Å²) in [5.41, 5.74) is 1.16. The largest absolute Gasteiger partial charge is 0.391 e. The maximum atomic E-state index is 5.44. The molecule has 2 aliphatic heterocycles. The fourth-order valence-electron chi connectivity index (χ4n) is 2.84. The number of piperidine rings is 1. The van der Waals surface area contributed by atoms with Crippen LogP contribution < -0.4 is 5.32 Å². The zero-order chi connectivity index (χ0) is 14.7. The zero-order valence-electron chi connectivity index (χ0n) is 12.7. The minimum absolute atomic E-state index is 0.184. The molecule has 0 aromatic carbocycles. The second kappa shape index (κ2) is 6.79. The third-order valence-electron chi connectivity index (χ3n) is 4.17. The Hall–Kier alpha value is -1.08. The summed E-state index contributed by atoms with van der Waals surface area (Å²) in [5, 5.41) is 17.2. The van der Waals surface area contributed by atoms with Crippen LogP contribution in [0, 0.1) is 0 Å². The van der Waals surface area contributed by atoms with Crippen molar-refractivity contribution in [1.29, 1.82) is 0 Å². The van der Waals surface area contributed by atoms with Crippen molar-refractivity contribution in [3.8, 4) is 0 Å². The van der Waals surface area contributed by atoms with Gasteiger partial charge in [0.25, 0.3) is 0 Å². The van der Waals surface area contributed by atoms with E-state index in [1.54, 1.807) is 11.8 Å². The second-order valence-corrected chi connectivity index (χ2v) is 6.66. The Balaban J connectivity index is 1.56. The average Bonchev–Trinajstić information content (AvgIpc) is 3.13. The van der Waals surface area contributed by atoms with Crippen LogP contribution in [0.1, 0.15) is 44.3 Å². The number of aromatic nitrogens is 3. The molecule has 1 aromatic rings. The lowest BCUT2D eigenvalue weighted by Gasteiger charge is -2.21. The Labute approximate surface area is 129 Å². The van der Waals surface area contributed by atoms with Crippen molar-refractivity contribution in [3.63, 3.8) is 0 Å². The zero-order valence-corrected chi connectivity index (χ0v) is 13.5. The van der Waals surface area contributed by atoms with Gasteiger partial charge in [-0.25, -0.2) is 0 Å². The SMILES string of the molecule is CCC1=NOC(CSc2nnc(C3CCNCC3)n2C)C1. The molecule has 0 aliphatic carbocycles. The number of nitrogens with one attached hydrogen (secondary N) is 1. The van der Waals surface area contributed by atoms with E-state index in [1.165, 1.54) is 0 Å². The van der Waals surface area contributed by atoms with Crippen molar-refractivity contribution >= 4 is 17.5 Å². The molecule has 0 saturated carbocycles. The molecule has 6 nitrogen and oxygen atoms in total. The lowest BCUT2D eigenvalue weighted by molar-refractivity contribution is 0.103. The lowest BCUT2D eigenvalue weighted by atomic mass is 9.97. The van der Waals surface area contributed by atoms with E-state index in [2.05, 4.69) is 39.2 Å². The van der Waals surface area contributed by atoms with Crippen molar-refractivity contribution in [2.45, 2.75) is 49.8 Å². The third kappa shape index (κ3) is 3.40. The van der Waals surface area contributed by atoms with E-state index in [4.69, 9.17) is 4.84 Å². The number of oxime groups is 1. The Bertz CT molecular complexity index is 509. The first kappa shape index (κ1) is 14.8. The fourth-order valence-corrected chi connectivity index (χ4v) is 3.74. The van der Waals surface area contributed by atoms with E-state index in [0.29, 0.717) is 5.92 Å². The second-order valence-electron chi connectivity index (χ2n) is 5.68. The standard InChI is InChI=1S/C14H23N5OS/c1-3-11-8-12(20-18-11)9-21-14-17-16-13(19(14)2)10-4-6-15-7-5-10/h10,12,15H,3-9H2,1-2H3. The quantitative estimate of drug-likeness (QED) is 0.842. The smallest absolute Gasteiger partial charge is 0.191 e. The number of hydrogen-bond donors (Lipinski definition) is 1. The minimum Gasteiger partial charge on any atom is -0.391 e. The number of nitrogens with zero attached hydrogens (tertiary/aromatic N) is 4. The van der Waals surface area contributed by atoms with E-state index in [1.807, 2.05) is 0 Å². The summed E-state index contributed by atoms with van der Waals surface area (Å²) in [7, 11) is 2.07. The van der Waals surface area contributed by atoms with Crippen molar-refractivity contribution in [2.75, 3.05) is 18.8 Å². The molecular formula is C14H23N5OS. The molecule has 2 aliphatic rings. The molecule has 1 saturated heterocycles. The van der Waals surface area contributed by atoms with Crippen molar-refractivity contribution in [1.82, 2.24) is 20.1 Å². The monoisotopic (exact) mass is 309 g/mol. The Morgan fingerprint density at radius 3 is 2.86 bits per heavy atom. The average molecular weight is 309 g/mol. The predicted molar refractivity (Wildman–Crippen MR) is 83.8 cm³/mol. The fraction of sp³-hybridized carbons (Fsp3) is 0.786. The van der Waals surface area contributed by atoms with Gasteiger partial charge in [0.2, 0.25) is 0 Å². The Kier molecular flexibility index (Phi) is 4.80. The van der Waals surface area contributed by atoms with Crippen LogP contribution in [0.25, 0.3) is 0 Å². The van der Waals surface area contributed by atoms with E-state index >= 15 is 0 Å². The van der Waals surface area contributed by atoms with Crippen molar-refractivity contribution in [2.24, 2.45) is 12.2 Å². The summed E-state index contributed by atoms with van der Waals surface area (Å²) >= 11 is 1.72. The van der Waals surface area contributed by atoms with Crippen LogP contribution in [-0.2, 0) is 11.9 Å². The number of rotatable bonds is 5. The Morgan fingerprint density at radius 2 is 2.14 bits per heavy atom. The summed E-state index contributed by atoms with van der Waals surface area (Å²) in [6.45, 7) is 4.27. The molecule has 7 heteroatoms. The van der Waals surface area contributed by atoms with Gasteiger partial charge in [0.05, 0.1) is 5.71 Å². The first-order valence-electron chi connectivity index (χ1n) is 7.72. The molecular weight excluding hydrogens is 286 g/mol. The van der Waals surface area contributed by atoms with Gasteiger partial charge in [-0.05, 0) is 32.4 Å².